The Kier molecular flexibility index (Phi) is 16.4. The Balaban J connectivity index is 2.21. The van der Waals surface area contributed by atoms with E-state index >= 15 is 0 Å². The van der Waals surface area contributed by atoms with Gasteiger partial charge in [0.1, 0.15) is 5.75 Å². The van der Waals surface area contributed by atoms with Crippen LogP contribution in [0, 0.1) is 0 Å². The molecule has 6 rings (SSSR count). The third-order valence-electron chi connectivity index (χ3n) is 14.8. The highest BCUT2D eigenvalue weighted by atomic mass is 31.1. The van der Waals surface area contributed by atoms with Crippen molar-refractivity contribution < 1.29 is 28.0 Å². The molecule has 0 aliphatic heterocycles. The zero-order valence-corrected chi connectivity index (χ0v) is 52.4. The van der Waals surface area contributed by atoms with E-state index in [-0.39, 0.29) is 27.4 Å². The summed E-state index contributed by atoms with van der Waals surface area (Å²) in [6.07, 6.45) is 0. The number of hydrogen-bond acceptors (Lipinski definition) is 4. The molecule has 6 aromatic rings. The monoisotopic (exact) mass is 1060 g/mol. The maximum atomic E-state index is 14.3. The minimum absolute atomic E-state index is 0.187. The van der Waals surface area contributed by atoms with Gasteiger partial charge in [-0.05, 0) is 133 Å². The first-order valence-corrected chi connectivity index (χ1v) is 29.3. The predicted octanol–water partition coefficient (Wildman–Crippen LogP) is 20.5. The molecule has 0 aromatic heterocycles. The van der Waals surface area contributed by atoms with Crippen molar-refractivity contribution >= 4 is 16.5 Å². The standard InChI is InChI=1S/C68H90O6P2/c1-61(2,3)42-27-33-47(51(37-42)65(13,14)15)56-55(41-25-31-46(32-26-41)73-75(69)70)57(48-34-28-43(62(4,5)6)38-52(48)66(16,17)18)59(50-36-30-45(64(10,11)12)40-54(50)68(22,23)24)60(74-76(71)72)58(56)49-35-29-44(63(7,8)9)39-53(49)67(19,20)21/h25-40H,1-24H3,(H,69,70)(H,71,72). The van der Waals surface area contributed by atoms with Crippen molar-refractivity contribution in [2.75, 3.05) is 0 Å². The van der Waals surface area contributed by atoms with Crippen molar-refractivity contribution in [3.05, 3.63) is 142 Å². The van der Waals surface area contributed by atoms with Crippen LogP contribution >= 0.6 is 16.5 Å². The van der Waals surface area contributed by atoms with E-state index < -0.39 is 38.2 Å². The average molecular weight is 1070 g/mol. The van der Waals surface area contributed by atoms with Crippen molar-refractivity contribution in [2.24, 2.45) is 0 Å². The Hall–Kier alpha value is -4.96. The zero-order chi connectivity index (χ0) is 57.4. The van der Waals surface area contributed by atoms with Gasteiger partial charge in [0.15, 0.2) is 5.75 Å². The number of benzene rings is 6. The largest absolute Gasteiger partial charge is 0.426 e. The fourth-order valence-electron chi connectivity index (χ4n) is 10.4. The Labute approximate surface area is 460 Å². The molecule has 2 N–H and O–H groups in total. The van der Waals surface area contributed by atoms with Gasteiger partial charge in [0.25, 0.3) is 0 Å². The molecule has 8 heteroatoms. The van der Waals surface area contributed by atoms with Gasteiger partial charge in [-0.3, -0.25) is 9.79 Å². The van der Waals surface area contributed by atoms with Crippen molar-refractivity contribution in [3.8, 4) is 67.1 Å². The lowest BCUT2D eigenvalue weighted by Crippen LogP contribution is -2.20. The van der Waals surface area contributed by atoms with Gasteiger partial charge in [-0.1, -0.05) is 251 Å². The molecule has 0 aliphatic carbocycles. The second kappa shape index (κ2) is 20.7. The lowest BCUT2D eigenvalue weighted by atomic mass is 9.68. The molecule has 2 radical (unpaired) electrons. The summed E-state index contributed by atoms with van der Waals surface area (Å²) in [6.45, 7) is 53.8. The van der Waals surface area contributed by atoms with Gasteiger partial charge in [-0.15, -0.1) is 0 Å². The second-order valence-corrected chi connectivity index (χ2v) is 30.7. The lowest BCUT2D eigenvalue weighted by Gasteiger charge is -2.36. The van der Waals surface area contributed by atoms with Crippen LogP contribution in [0.5, 0.6) is 11.5 Å². The fraction of sp³-hybridized carbons (Fsp3) is 0.471. The highest BCUT2D eigenvalue weighted by molar-refractivity contribution is 7.32. The van der Waals surface area contributed by atoms with Gasteiger partial charge in [0, 0.05) is 22.3 Å². The molecule has 0 saturated heterocycles. The van der Waals surface area contributed by atoms with Crippen LogP contribution in [0.15, 0.2) is 97.1 Å². The normalized spacial score (nSPS) is 13.7. The van der Waals surface area contributed by atoms with E-state index in [1.165, 1.54) is 22.3 Å². The summed E-state index contributed by atoms with van der Waals surface area (Å²) < 4.78 is 38.9. The summed E-state index contributed by atoms with van der Waals surface area (Å²) in [5.74, 6) is 0.570. The number of rotatable bonds is 9. The Morgan fingerprint density at radius 3 is 0.776 bits per heavy atom. The smallest absolute Gasteiger partial charge is 0.398 e. The van der Waals surface area contributed by atoms with E-state index in [1.807, 2.05) is 12.1 Å². The number of hydrogen-bond donors (Lipinski definition) is 2. The fourth-order valence-corrected chi connectivity index (χ4v) is 11.0. The molecule has 408 valence electrons. The SMILES string of the molecule is CC(C)(C)c1ccc(-c2c(O[P](=O)O)c(-c3ccc(C(C)(C)C)cc3C(C)(C)C)c(-c3ccc(C(C)(C)C)cc3C(C)(C)C)c(-c3ccc(O[P](=O)O)cc3)c2-c2ccc(C(C)(C)C)cc2C(C)(C)C)c(C(C)(C)C)c1. The van der Waals surface area contributed by atoms with Crippen LogP contribution in [0.25, 0.3) is 55.6 Å². The summed E-state index contributed by atoms with van der Waals surface area (Å²) in [6, 6.07) is 34.7. The summed E-state index contributed by atoms with van der Waals surface area (Å²) in [5.41, 5.74) is 15.1. The summed E-state index contributed by atoms with van der Waals surface area (Å²) in [4.78, 5) is 21.7. The molecule has 0 bridgehead atoms. The molecule has 0 amide bonds. The van der Waals surface area contributed by atoms with Crippen LogP contribution in [0.2, 0.25) is 0 Å². The first kappa shape index (κ1) is 60.3. The molecular weight excluding hydrogens is 975 g/mol. The Morgan fingerprint density at radius 1 is 0.303 bits per heavy atom. The van der Waals surface area contributed by atoms with Crippen molar-refractivity contribution in [2.45, 2.75) is 209 Å². The van der Waals surface area contributed by atoms with Crippen LogP contribution in [-0.2, 0) is 52.5 Å². The third kappa shape index (κ3) is 13.0. The van der Waals surface area contributed by atoms with E-state index in [0.717, 1.165) is 66.8 Å². The first-order chi connectivity index (χ1) is 34.4. The van der Waals surface area contributed by atoms with Gasteiger partial charge < -0.3 is 9.05 Å². The molecule has 6 aromatic carbocycles. The predicted molar refractivity (Wildman–Crippen MR) is 324 cm³/mol. The van der Waals surface area contributed by atoms with Crippen LogP contribution in [0.1, 0.15) is 211 Å². The Bertz CT molecular complexity index is 3010. The van der Waals surface area contributed by atoms with Gasteiger partial charge in [0.2, 0.25) is 0 Å². The summed E-state index contributed by atoms with van der Waals surface area (Å²) in [5, 5.41) is 0. The lowest BCUT2D eigenvalue weighted by molar-refractivity contribution is 0.409. The minimum Gasteiger partial charge on any atom is -0.398 e. The van der Waals surface area contributed by atoms with Gasteiger partial charge in [-0.25, -0.2) is 9.13 Å². The maximum absolute atomic E-state index is 14.3. The van der Waals surface area contributed by atoms with Crippen molar-refractivity contribution in [1.82, 2.24) is 0 Å². The molecule has 0 spiro atoms. The van der Waals surface area contributed by atoms with Crippen molar-refractivity contribution in [3.63, 3.8) is 0 Å². The molecule has 0 heterocycles. The minimum atomic E-state index is -3.27. The molecule has 0 aliphatic rings. The van der Waals surface area contributed by atoms with Crippen LogP contribution in [-0.4, -0.2) is 9.79 Å². The molecule has 2 atom stereocenters. The quantitative estimate of drug-likeness (QED) is 0.140. The zero-order valence-electron chi connectivity index (χ0n) is 50.7. The maximum Gasteiger partial charge on any atom is 0.426 e. The van der Waals surface area contributed by atoms with E-state index in [4.69, 9.17) is 9.05 Å². The van der Waals surface area contributed by atoms with Crippen molar-refractivity contribution in [1.29, 1.82) is 0 Å². The first-order valence-electron chi connectivity index (χ1n) is 27.1. The highest BCUT2D eigenvalue weighted by Gasteiger charge is 2.39. The summed E-state index contributed by atoms with van der Waals surface area (Å²) >= 11 is 0. The van der Waals surface area contributed by atoms with Gasteiger partial charge in [0.05, 0.1) is 0 Å². The van der Waals surface area contributed by atoms with E-state index in [2.05, 4.69) is 239 Å². The second-order valence-electron chi connectivity index (χ2n) is 29.4. The molecule has 76 heavy (non-hydrogen) atoms. The molecular formula is C68H90O6P2. The van der Waals surface area contributed by atoms with Crippen LogP contribution in [0.3, 0.4) is 0 Å². The molecule has 6 nitrogen and oxygen atoms in total. The van der Waals surface area contributed by atoms with Crippen LogP contribution < -0.4 is 9.05 Å². The molecule has 0 saturated carbocycles. The third-order valence-corrected chi connectivity index (χ3v) is 15.5. The van der Waals surface area contributed by atoms with E-state index in [1.54, 1.807) is 12.1 Å². The molecule has 0 fully saturated rings. The van der Waals surface area contributed by atoms with E-state index in [0.29, 0.717) is 16.9 Å². The summed E-state index contributed by atoms with van der Waals surface area (Å²) in [7, 11) is -6.21. The average Bonchev–Trinajstić information content (AvgIpc) is 3.25. The van der Waals surface area contributed by atoms with Gasteiger partial charge >= 0.3 is 16.5 Å². The molecule has 2 unspecified atom stereocenters. The van der Waals surface area contributed by atoms with Gasteiger partial charge in [-0.2, -0.15) is 0 Å². The van der Waals surface area contributed by atoms with E-state index in [9.17, 15) is 18.9 Å². The highest BCUT2D eigenvalue weighted by Crippen LogP contribution is 2.61. The topological polar surface area (TPSA) is 93.1 Å². The Morgan fingerprint density at radius 2 is 0.553 bits per heavy atom. The van der Waals surface area contributed by atoms with Crippen LogP contribution in [0.4, 0.5) is 0 Å².